The van der Waals surface area contributed by atoms with E-state index < -0.39 is 6.36 Å². The van der Waals surface area contributed by atoms with Crippen LogP contribution in [0.3, 0.4) is 0 Å². The molecular weight excluding hydrogens is 219 g/mol. The lowest BCUT2D eigenvalue weighted by atomic mass is 10.3. The summed E-state index contributed by atoms with van der Waals surface area (Å²) in [5.74, 6) is 0. The highest BCUT2D eigenvalue weighted by Crippen LogP contribution is 2.15. The van der Waals surface area contributed by atoms with E-state index in [1.807, 2.05) is 6.92 Å². The van der Waals surface area contributed by atoms with E-state index in [2.05, 4.69) is 4.74 Å². The molecule has 0 rings (SSSR count). The van der Waals surface area contributed by atoms with Crippen LogP contribution in [0.25, 0.3) is 0 Å². The van der Waals surface area contributed by atoms with Crippen molar-refractivity contribution in [3.8, 4) is 0 Å². The normalized spacial score (nSPS) is 14.8. The van der Waals surface area contributed by atoms with E-state index in [-0.39, 0.29) is 18.5 Å². The Morgan fingerprint density at radius 1 is 1.36 bits per heavy atom. The molecule has 0 amide bonds. The summed E-state index contributed by atoms with van der Waals surface area (Å²) >= 11 is 5.69. The number of hydrogen-bond donors (Lipinski definition) is 0. The SMILES string of the molecule is CC(Cl)CCN(C)CCOC(F)(F)F. The molecule has 0 fully saturated rings. The molecule has 0 aromatic carbocycles. The van der Waals surface area contributed by atoms with Crippen molar-refractivity contribution in [2.24, 2.45) is 0 Å². The highest BCUT2D eigenvalue weighted by Gasteiger charge is 2.28. The number of likely N-dealkylation sites (N-methyl/N-ethyl adjacent to an activating group) is 1. The first kappa shape index (κ1) is 14.0. The van der Waals surface area contributed by atoms with Crippen molar-refractivity contribution in [3.05, 3.63) is 0 Å². The number of rotatable bonds is 6. The van der Waals surface area contributed by atoms with Gasteiger partial charge in [-0.3, -0.25) is 4.74 Å². The maximum Gasteiger partial charge on any atom is 0.522 e. The van der Waals surface area contributed by atoms with Gasteiger partial charge in [0.05, 0.1) is 6.61 Å². The first-order valence-corrected chi connectivity index (χ1v) is 4.78. The quantitative estimate of drug-likeness (QED) is 0.654. The summed E-state index contributed by atoms with van der Waals surface area (Å²) in [6, 6.07) is 0. The van der Waals surface area contributed by atoms with Crippen LogP contribution in [0.4, 0.5) is 13.2 Å². The van der Waals surface area contributed by atoms with Gasteiger partial charge in [0.25, 0.3) is 0 Å². The Kier molecular flexibility index (Phi) is 6.48. The Bertz CT molecular complexity index is 152. The molecular formula is C8H15ClF3NO. The van der Waals surface area contributed by atoms with E-state index in [4.69, 9.17) is 11.6 Å². The van der Waals surface area contributed by atoms with E-state index in [9.17, 15) is 13.2 Å². The summed E-state index contributed by atoms with van der Waals surface area (Å²) < 4.78 is 38.3. The molecule has 0 aliphatic heterocycles. The van der Waals surface area contributed by atoms with Crippen LogP contribution in [0.1, 0.15) is 13.3 Å². The van der Waals surface area contributed by atoms with Gasteiger partial charge >= 0.3 is 6.36 Å². The number of ether oxygens (including phenoxy) is 1. The fourth-order valence-corrected chi connectivity index (χ4v) is 0.925. The zero-order valence-corrected chi connectivity index (χ0v) is 9.03. The second-order valence-corrected chi connectivity index (χ2v) is 3.91. The Hall–Kier alpha value is -0.0000000000000000555. The summed E-state index contributed by atoms with van der Waals surface area (Å²) in [7, 11) is 1.74. The maximum absolute atomic E-state index is 11.6. The van der Waals surface area contributed by atoms with Crippen molar-refractivity contribution < 1.29 is 17.9 Å². The predicted molar refractivity (Wildman–Crippen MR) is 49.4 cm³/mol. The van der Waals surface area contributed by atoms with Gasteiger partial charge in [-0.15, -0.1) is 24.8 Å². The molecule has 0 saturated carbocycles. The fourth-order valence-electron chi connectivity index (χ4n) is 0.827. The first-order valence-electron chi connectivity index (χ1n) is 4.34. The van der Waals surface area contributed by atoms with Gasteiger partial charge in [-0.1, -0.05) is 0 Å². The highest BCUT2D eigenvalue weighted by molar-refractivity contribution is 6.20. The summed E-state index contributed by atoms with van der Waals surface area (Å²) in [5.41, 5.74) is 0. The van der Waals surface area contributed by atoms with E-state index in [1.165, 1.54) is 0 Å². The number of nitrogens with zero attached hydrogens (tertiary/aromatic N) is 1. The molecule has 0 spiro atoms. The molecule has 0 radical (unpaired) electrons. The lowest BCUT2D eigenvalue weighted by Crippen LogP contribution is -2.28. The predicted octanol–water partition coefficient (Wildman–Crippen LogP) is 2.47. The molecule has 0 aliphatic rings. The average molecular weight is 234 g/mol. The number of halogens is 4. The van der Waals surface area contributed by atoms with Gasteiger partial charge in [0.1, 0.15) is 0 Å². The highest BCUT2D eigenvalue weighted by atomic mass is 35.5. The van der Waals surface area contributed by atoms with Crippen LogP contribution >= 0.6 is 11.6 Å². The van der Waals surface area contributed by atoms with Crippen LogP contribution in [0, 0.1) is 0 Å². The largest absolute Gasteiger partial charge is 0.522 e. The smallest absolute Gasteiger partial charge is 0.304 e. The fraction of sp³-hybridized carbons (Fsp3) is 1.00. The van der Waals surface area contributed by atoms with Crippen molar-refractivity contribution in [3.63, 3.8) is 0 Å². The summed E-state index contributed by atoms with van der Waals surface area (Å²) in [4.78, 5) is 1.75. The Morgan fingerprint density at radius 3 is 2.36 bits per heavy atom. The van der Waals surface area contributed by atoms with Gasteiger partial charge < -0.3 is 4.90 Å². The number of hydrogen-bond acceptors (Lipinski definition) is 2. The van der Waals surface area contributed by atoms with Gasteiger partial charge in [-0.25, -0.2) is 0 Å². The summed E-state index contributed by atoms with van der Waals surface area (Å²) in [5, 5.41) is 0.0426. The van der Waals surface area contributed by atoms with Gasteiger partial charge in [-0.05, 0) is 26.9 Å². The molecule has 0 N–H and O–H groups in total. The van der Waals surface area contributed by atoms with E-state index in [0.29, 0.717) is 6.54 Å². The van der Waals surface area contributed by atoms with E-state index in [1.54, 1.807) is 11.9 Å². The minimum absolute atomic E-state index is 0.0426. The summed E-state index contributed by atoms with van der Waals surface area (Å²) in [6.07, 6.45) is -3.77. The lowest BCUT2D eigenvalue weighted by Gasteiger charge is -2.17. The third-order valence-corrected chi connectivity index (χ3v) is 1.87. The molecule has 14 heavy (non-hydrogen) atoms. The minimum Gasteiger partial charge on any atom is -0.304 e. The minimum atomic E-state index is -4.53. The maximum atomic E-state index is 11.6. The molecule has 2 nitrogen and oxygen atoms in total. The van der Waals surface area contributed by atoms with Gasteiger partial charge in [0.15, 0.2) is 0 Å². The molecule has 1 atom stereocenters. The van der Waals surface area contributed by atoms with E-state index >= 15 is 0 Å². The number of alkyl halides is 4. The van der Waals surface area contributed by atoms with Crippen LogP contribution in [-0.2, 0) is 4.74 Å². The molecule has 6 heteroatoms. The van der Waals surface area contributed by atoms with Gasteiger partial charge in [0.2, 0.25) is 0 Å². The molecule has 0 aromatic heterocycles. The van der Waals surface area contributed by atoms with Crippen LogP contribution in [0.5, 0.6) is 0 Å². The third-order valence-electron chi connectivity index (χ3n) is 1.65. The van der Waals surface area contributed by atoms with Crippen LogP contribution < -0.4 is 0 Å². The molecule has 0 saturated heterocycles. The topological polar surface area (TPSA) is 12.5 Å². The van der Waals surface area contributed by atoms with Crippen molar-refractivity contribution in [2.45, 2.75) is 25.1 Å². The monoisotopic (exact) mass is 233 g/mol. The Morgan fingerprint density at radius 2 is 1.93 bits per heavy atom. The first-order chi connectivity index (χ1) is 6.31. The van der Waals surface area contributed by atoms with Gasteiger partial charge in [-0.2, -0.15) is 0 Å². The molecule has 1 unspecified atom stereocenters. The Balaban J connectivity index is 3.40. The van der Waals surface area contributed by atoms with Crippen LogP contribution in [0.15, 0.2) is 0 Å². The lowest BCUT2D eigenvalue weighted by molar-refractivity contribution is -0.324. The Labute approximate surface area is 87.0 Å². The van der Waals surface area contributed by atoms with Crippen molar-refractivity contribution in [2.75, 3.05) is 26.7 Å². The molecule has 86 valence electrons. The molecule has 0 bridgehead atoms. The van der Waals surface area contributed by atoms with Crippen molar-refractivity contribution in [1.29, 1.82) is 0 Å². The zero-order valence-electron chi connectivity index (χ0n) is 8.27. The molecule has 0 aromatic rings. The molecule has 0 aliphatic carbocycles. The second-order valence-electron chi connectivity index (χ2n) is 3.17. The van der Waals surface area contributed by atoms with E-state index in [0.717, 1.165) is 6.42 Å². The van der Waals surface area contributed by atoms with Crippen molar-refractivity contribution >= 4 is 11.6 Å². The standard InChI is InChI=1S/C8H15ClF3NO/c1-7(9)3-4-13(2)5-6-14-8(10,11)12/h7H,3-6H2,1-2H3. The second kappa shape index (κ2) is 6.48. The third kappa shape index (κ3) is 10.1. The van der Waals surface area contributed by atoms with Crippen LogP contribution in [-0.4, -0.2) is 43.4 Å². The van der Waals surface area contributed by atoms with Gasteiger partial charge in [0, 0.05) is 11.9 Å². The summed E-state index contributed by atoms with van der Waals surface area (Å²) in [6.45, 7) is 2.44. The van der Waals surface area contributed by atoms with Crippen LogP contribution in [0.2, 0.25) is 0 Å². The average Bonchev–Trinajstić information content (AvgIpc) is 1.98. The van der Waals surface area contributed by atoms with Crippen molar-refractivity contribution in [1.82, 2.24) is 4.90 Å². The molecule has 0 heterocycles. The zero-order chi connectivity index (χ0) is 11.2.